The van der Waals surface area contributed by atoms with Gasteiger partial charge in [-0.05, 0) is 12.0 Å². The quantitative estimate of drug-likeness (QED) is 0.726. The Labute approximate surface area is 108 Å². The highest BCUT2D eigenvalue weighted by Crippen LogP contribution is 2.19. The first-order valence-corrected chi connectivity index (χ1v) is 6.29. The summed E-state index contributed by atoms with van der Waals surface area (Å²) in [5, 5.41) is 0. The molecule has 0 aromatic heterocycles. The molecule has 1 rings (SSSR count). The van der Waals surface area contributed by atoms with Crippen LogP contribution in [0.3, 0.4) is 0 Å². The minimum Gasteiger partial charge on any atom is -0.379 e. The summed E-state index contributed by atoms with van der Waals surface area (Å²) in [5.74, 6) is 0.220. The molecule has 0 radical (unpaired) electrons. The largest absolute Gasteiger partial charge is 0.379 e. The van der Waals surface area contributed by atoms with E-state index >= 15 is 0 Å². The molecular weight excluding hydrogens is 233 g/mol. The molecule has 0 fully saturated rings. The summed E-state index contributed by atoms with van der Waals surface area (Å²) >= 11 is 0. The molecule has 0 saturated carbocycles. The molecule has 4 heteroatoms. The summed E-state index contributed by atoms with van der Waals surface area (Å²) in [6, 6.07) is 6.54. The van der Waals surface area contributed by atoms with E-state index in [-0.39, 0.29) is 12.4 Å². The molecule has 0 bridgehead atoms. The topological polar surface area (TPSA) is 44.5 Å². The zero-order chi connectivity index (χ0) is 13.4. The van der Waals surface area contributed by atoms with Crippen molar-refractivity contribution in [2.45, 2.75) is 20.0 Å². The van der Waals surface area contributed by atoms with E-state index in [0.29, 0.717) is 31.3 Å². The molecule has 0 amide bonds. The molecule has 0 heterocycles. The molecule has 0 spiro atoms. The minimum absolute atomic E-state index is 0.255. The molecule has 1 aromatic carbocycles. The van der Waals surface area contributed by atoms with Crippen LogP contribution in [0.2, 0.25) is 0 Å². The van der Waals surface area contributed by atoms with E-state index in [0.717, 1.165) is 0 Å². The van der Waals surface area contributed by atoms with Crippen molar-refractivity contribution in [2.24, 2.45) is 11.7 Å². The molecule has 102 valence electrons. The van der Waals surface area contributed by atoms with Crippen molar-refractivity contribution >= 4 is 0 Å². The first-order chi connectivity index (χ1) is 8.65. The molecule has 3 nitrogen and oxygen atoms in total. The summed E-state index contributed by atoms with van der Waals surface area (Å²) in [4.78, 5) is 0. The van der Waals surface area contributed by atoms with E-state index in [2.05, 4.69) is 13.8 Å². The second-order valence-corrected chi connectivity index (χ2v) is 4.59. The van der Waals surface area contributed by atoms with Gasteiger partial charge in [0.1, 0.15) is 5.82 Å². The number of hydrogen-bond acceptors (Lipinski definition) is 3. The first-order valence-electron chi connectivity index (χ1n) is 6.29. The summed E-state index contributed by atoms with van der Waals surface area (Å²) in [7, 11) is 0. The van der Waals surface area contributed by atoms with Crippen LogP contribution in [0, 0.1) is 11.7 Å². The van der Waals surface area contributed by atoms with Crippen LogP contribution in [0.5, 0.6) is 0 Å². The Kier molecular flexibility index (Phi) is 6.86. The number of ether oxygens (including phenoxy) is 2. The Balaban J connectivity index is 2.36. The lowest BCUT2D eigenvalue weighted by Gasteiger charge is -2.17. The predicted octanol–water partition coefficient (Wildman–Crippen LogP) is 2.51. The molecule has 2 N–H and O–H groups in total. The summed E-state index contributed by atoms with van der Waals surface area (Å²) in [6.45, 7) is 6.05. The fraction of sp³-hybridized carbons (Fsp3) is 0.571. The van der Waals surface area contributed by atoms with Crippen LogP contribution in [0.25, 0.3) is 0 Å². The van der Waals surface area contributed by atoms with Gasteiger partial charge in [-0.2, -0.15) is 0 Å². The van der Waals surface area contributed by atoms with Crippen LogP contribution in [-0.4, -0.2) is 26.4 Å². The summed E-state index contributed by atoms with van der Waals surface area (Å²) in [5.41, 5.74) is 6.11. The van der Waals surface area contributed by atoms with Gasteiger partial charge >= 0.3 is 0 Å². The number of hydrogen-bond donors (Lipinski definition) is 1. The molecule has 1 atom stereocenters. The SMILES string of the molecule is CC(C)COCCOC(CN)c1ccccc1F. The van der Waals surface area contributed by atoms with Gasteiger partial charge in [-0.25, -0.2) is 4.39 Å². The Morgan fingerprint density at radius 2 is 1.94 bits per heavy atom. The third kappa shape index (κ3) is 5.12. The van der Waals surface area contributed by atoms with Crippen molar-refractivity contribution in [1.29, 1.82) is 0 Å². The molecule has 0 aliphatic carbocycles. The maximum absolute atomic E-state index is 13.5. The monoisotopic (exact) mass is 255 g/mol. The Morgan fingerprint density at radius 3 is 2.56 bits per heavy atom. The highest BCUT2D eigenvalue weighted by atomic mass is 19.1. The Bertz CT molecular complexity index is 344. The lowest BCUT2D eigenvalue weighted by atomic mass is 10.1. The van der Waals surface area contributed by atoms with Gasteiger partial charge in [0.15, 0.2) is 0 Å². The van der Waals surface area contributed by atoms with Crippen LogP contribution < -0.4 is 5.73 Å². The van der Waals surface area contributed by atoms with E-state index in [1.165, 1.54) is 6.07 Å². The van der Waals surface area contributed by atoms with Gasteiger partial charge in [0, 0.05) is 18.7 Å². The van der Waals surface area contributed by atoms with Gasteiger partial charge in [0.2, 0.25) is 0 Å². The zero-order valence-corrected chi connectivity index (χ0v) is 11.1. The molecule has 18 heavy (non-hydrogen) atoms. The van der Waals surface area contributed by atoms with Crippen LogP contribution in [0.1, 0.15) is 25.5 Å². The molecule has 0 aliphatic rings. The van der Waals surface area contributed by atoms with Crippen LogP contribution in [0.4, 0.5) is 4.39 Å². The molecular formula is C14H22FNO2. The van der Waals surface area contributed by atoms with Crippen molar-refractivity contribution < 1.29 is 13.9 Å². The average Bonchev–Trinajstić information content (AvgIpc) is 2.35. The second-order valence-electron chi connectivity index (χ2n) is 4.59. The number of halogens is 1. The molecule has 0 aliphatic heterocycles. The van der Waals surface area contributed by atoms with E-state index in [4.69, 9.17) is 15.2 Å². The van der Waals surface area contributed by atoms with Crippen LogP contribution >= 0.6 is 0 Å². The zero-order valence-electron chi connectivity index (χ0n) is 11.1. The van der Waals surface area contributed by atoms with E-state index in [9.17, 15) is 4.39 Å². The Hall–Kier alpha value is -0.970. The maximum Gasteiger partial charge on any atom is 0.129 e. The third-order valence-corrected chi connectivity index (χ3v) is 2.46. The lowest BCUT2D eigenvalue weighted by molar-refractivity contribution is 0.000575. The lowest BCUT2D eigenvalue weighted by Crippen LogP contribution is -2.19. The minimum atomic E-state index is -0.408. The predicted molar refractivity (Wildman–Crippen MR) is 69.8 cm³/mol. The number of rotatable bonds is 8. The van der Waals surface area contributed by atoms with E-state index < -0.39 is 6.10 Å². The van der Waals surface area contributed by atoms with Crippen molar-refractivity contribution in [2.75, 3.05) is 26.4 Å². The highest BCUT2D eigenvalue weighted by molar-refractivity contribution is 5.20. The van der Waals surface area contributed by atoms with E-state index in [1.54, 1.807) is 18.2 Å². The third-order valence-electron chi connectivity index (χ3n) is 2.46. The van der Waals surface area contributed by atoms with Crippen molar-refractivity contribution in [3.8, 4) is 0 Å². The first kappa shape index (κ1) is 15.1. The van der Waals surface area contributed by atoms with Gasteiger partial charge in [0.25, 0.3) is 0 Å². The normalized spacial score (nSPS) is 12.9. The van der Waals surface area contributed by atoms with Gasteiger partial charge in [-0.3, -0.25) is 0 Å². The average molecular weight is 255 g/mol. The van der Waals surface area contributed by atoms with Crippen molar-refractivity contribution in [1.82, 2.24) is 0 Å². The van der Waals surface area contributed by atoms with Crippen LogP contribution in [-0.2, 0) is 9.47 Å². The molecule has 1 unspecified atom stereocenters. The Morgan fingerprint density at radius 1 is 1.22 bits per heavy atom. The van der Waals surface area contributed by atoms with Crippen molar-refractivity contribution in [3.63, 3.8) is 0 Å². The second kappa shape index (κ2) is 8.19. The van der Waals surface area contributed by atoms with Gasteiger partial charge in [-0.1, -0.05) is 32.0 Å². The summed E-state index contributed by atoms with van der Waals surface area (Å²) < 4.78 is 24.5. The smallest absolute Gasteiger partial charge is 0.129 e. The maximum atomic E-state index is 13.5. The van der Waals surface area contributed by atoms with Gasteiger partial charge in [-0.15, -0.1) is 0 Å². The highest BCUT2D eigenvalue weighted by Gasteiger charge is 2.13. The van der Waals surface area contributed by atoms with E-state index in [1.807, 2.05) is 0 Å². The van der Waals surface area contributed by atoms with Gasteiger partial charge < -0.3 is 15.2 Å². The summed E-state index contributed by atoms with van der Waals surface area (Å²) in [6.07, 6.45) is -0.408. The number of nitrogens with two attached hydrogens (primary N) is 1. The molecule has 0 saturated heterocycles. The van der Waals surface area contributed by atoms with Gasteiger partial charge in [0.05, 0.1) is 19.3 Å². The fourth-order valence-corrected chi connectivity index (χ4v) is 1.59. The van der Waals surface area contributed by atoms with Crippen LogP contribution in [0.15, 0.2) is 24.3 Å². The number of benzene rings is 1. The van der Waals surface area contributed by atoms with Crippen molar-refractivity contribution in [3.05, 3.63) is 35.6 Å². The standard InChI is InChI=1S/C14H22FNO2/c1-11(2)10-17-7-8-18-14(9-16)12-5-3-4-6-13(12)15/h3-6,11,14H,7-10,16H2,1-2H3. The fourth-order valence-electron chi connectivity index (χ4n) is 1.59. The molecule has 1 aromatic rings.